The number of rotatable bonds is 10. The first kappa shape index (κ1) is 25.1. The number of benzene rings is 3. The quantitative estimate of drug-likeness (QED) is 0.252. The highest BCUT2D eigenvalue weighted by Crippen LogP contribution is 2.38. The van der Waals surface area contributed by atoms with E-state index in [0.717, 1.165) is 39.9 Å². The maximum atomic E-state index is 6.36. The van der Waals surface area contributed by atoms with E-state index in [1.165, 1.54) is 11.1 Å². The van der Waals surface area contributed by atoms with Crippen molar-refractivity contribution in [2.45, 2.75) is 40.4 Å². The summed E-state index contributed by atoms with van der Waals surface area (Å²) in [5, 5.41) is 3.37. The number of aryl methyl sites for hydroxylation is 1. The summed E-state index contributed by atoms with van der Waals surface area (Å²) in [4.78, 5) is 4.84. The Kier molecular flexibility index (Phi) is 8.40. The zero-order valence-corrected chi connectivity index (χ0v) is 21.5. The van der Waals surface area contributed by atoms with Crippen LogP contribution in [0.15, 0.2) is 96.6 Å². The molecule has 4 aromatic rings. The fourth-order valence-corrected chi connectivity index (χ4v) is 4.13. The third-order valence-electron chi connectivity index (χ3n) is 6.22. The summed E-state index contributed by atoms with van der Waals surface area (Å²) in [6.45, 7) is 7.33. The number of anilines is 1. The van der Waals surface area contributed by atoms with Crippen molar-refractivity contribution in [2.75, 3.05) is 12.4 Å². The summed E-state index contributed by atoms with van der Waals surface area (Å²) >= 11 is 0. The predicted octanol–water partition coefficient (Wildman–Crippen LogP) is 7.82. The van der Waals surface area contributed by atoms with E-state index in [1.54, 1.807) is 0 Å². The molecule has 0 aliphatic heterocycles. The molecule has 0 aliphatic carbocycles. The number of allylic oxidation sites excluding steroid dienone is 1. The first-order chi connectivity index (χ1) is 17.6. The summed E-state index contributed by atoms with van der Waals surface area (Å²) in [5.74, 6) is 1.10. The Hall–Kier alpha value is -4.05. The molecule has 0 saturated heterocycles. The van der Waals surface area contributed by atoms with Crippen molar-refractivity contribution < 1.29 is 9.47 Å². The van der Waals surface area contributed by atoms with E-state index < -0.39 is 0 Å². The Labute approximate surface area is 214 Å². The van der Waals surface area contributed by atoms with E-state index in [1.807, 2.05) is 61.6 Å². The molecule has 0 saturated carbocycles. The van der Waals surface area contributed by atoms with Crippen LogP contribution in [-0.2, 0) is 13.2 Å². The molecule has 0 radical (unpaired) electrons. The van der Waals surface area contributed by atoms with Crippen LogP contribution in [-0.4, -0.2) is 12.0 Å². The minimum atomic E-state index is 0.425. The van der Waals surface area contributed by atoms with Gasteiger partial charge in [0, 0.05) is 29.9 Å². The lowest BCUT2D eigenvalue weighted by Crippen LogP contribution is -2.06. The maximum Gasteiger partial charge on any atom is 0.225 e. The van der Waals surface area contributed by atoms with E-state index in [4.69, 9.17) is 14.5 Å². The van der Waals surface area contributed by atoms with Gasteiger partial charge >= 0.3 is 0 Å². The van der Waals surface area contributed by atoms with Crippen LogP contribution in [0.3, 0.4) is 0 Å². The Morgan fingerprint density at radius 2 is 1.39 bits per heavy atom. The van der Waals surface area contributed by atoms with E-state index in [-0.39, 0.29) is 0 Å². The smallest absolute Gasteiger partial charge is 0.225 e. The van der Waals surface area contributed by atoms with E-state index in [0.29, 0.717) is 25.0 Å². The van der Waals surface area contributed by atoms with Crippen LogP contribution >= 0.6 is 0 Å². The molecule has 4 nitrogen and oxygen atoms in total. The van der Waals surface area contributed by atoms with Crippen LogP contribution in [0.1, 0.15) is 48.1 Å². The van der Waals surface area contributed by atoms with Gasteiger partial charge in [-0.25, -0.2) is 0 Å². The number of hydrogen-bond donors (Lipinski definition) is 1. The molecule has 0 bridgehead atoms. The average Bonchev–Trinajstić information content (AvgIpc) is 2.93. The van der Waals surface area contributed by atoms with Gasteiger partial charge in [0.2, 0.25) is 11.8 Å². The molecule has 0 unspecified atom stereocenters. The lowest BCUT2D eigenvalue weighted by Gasteiger charge is -2.20. The van der Waals surface area contributed by atoms with Gasteiger partial charge in [0.15, 0.2) is 0 Å². The van der Waals surface area contributed by atoms with Gasteiger partial charge < -0.3 is 14.8 Å². The van der Waals surface area contributed by atoms with Gasteiger partial charge in [-0.2, -0.15) is 4.98 Å². The molecular formula is C32H34N2O2. The molecule has 0 aliphatic rings. The van der Waals surface area contributed by atoms with Gasteiger partial charge in [-0.1, -0.05) is 85.3 Å². The minimum Gasteiger partial charge on any atom is -0.473 e. The minimum absolute atomic E-state index is 0.425. The zero-order valence-electron chi connectivity index (χ0n) is 21.5. The van der Waals surface area contributed by atoms with Gasteiger partial charge in [0.05, 0.1) is 0 Å². The molecular weight excluding hydrogens is 444 g/mol. The van der Waals surface area contributed by atoms with Gasteiger partial charge in [-0.05, 0) is 54.7 Å². The van der Waals surface area contributed by atoms with Crippen molar-refractivity contribution in [1.29, 1.82) is 0 Å². The van der Waals surface area contributed by atoms with Crippen molar-refractivity contribution >= 4 is 11.3 Å². The van der Waals surface area contributed by atoms with Gasteiger partial charge in [0.25, 0.3) is 0 Å². The fraction of sp³-hybridized carbons (Fsp3) is 0.219. The summed E-state index contributed by atoms with van der Waals surface area (Å²) in [5.41, 5.74) is 8.95. The van der Waals surface area contributed by atoms with E-state index >= 15 is 0 Å². The van der Waals surface area contributed by atoms with Crippen LogP contribution < -0.4 is 14.8 Å². The Balaban J connectivity index is 1.75. The van der Waals surface area contributed by atoms with Crippen molar-refractivity contribution in [3.05, 3.63) is 124 Å². The third-order valence-corrected chi connectivity index (χ3v) is 6.22. The van der Waals surface area contributed by atoms with Crippen LogP contribution in [0.2, 0.25) is 0 Å². The maximum absolute atomic E-state index is 6.36. The molecule has 0 atom stereocenters. The molecule has 4 heteroatoms. The number of pyridine rings is 1. The van der Waals surface area contributed by atoms with Crippen LogP contribution in [0.4, 0.5) is 5.69 Å². The van der Waals surface area contributed by atoms with Gasteiger partial charge in [-0.15, -0.1) is 0 Å². The molecule has 1 N–H and O–H groups in total. The molecule has 36 heavy (non-hydrogen) atoms. The largest absolute Gasteiger partial charge is 0.473 e. The SMILES string of the molecule is CCC(C)=C(c1ccc(C)cc1NC)c1ccc(OCc2ccccc2)nc1OCc1ccccc1. The van der Waals surface area contributed by atoms with E-state index in [9.17, 15) is 0 Å². The first-order valence-electron chi connectivity index (χ1n) is 12.4. The van der Waals surface area contributed by atoms with Crippen LogP contribution in [0.25, 0.3) is 5.57 Å². The summed E-state index contributed by atoms with van der Waals surface area (Å²) in [6, 6.07) is 30.8. The number of hydrogen-bond acceptors (Lipinski definition) is 4. The van der Waals surface area contributed by atoms with Crippen molar-refractivity contribution in [3.8, 4) is 11.8 Å². The number of aromatic nitrogens is 1. The Morgan fingerprint density at radius 1 is 0.778 bits per heavy atom. The highest BCUT2D eigenvalue weighted by Gasteiger charge is 2.19. The average molecular weight is 479 g/mol. The van der Waals surface area contributed by atoms with Gasteiger partial charge in [0.1, 0.15) is 13.2 Å². The standard InChI is InChI=1S/C32H34N2O2/c1-5-24(3)31(27-17-16-23(2)20-29(27)33-4)28-18-19-30(35-21-25-12-8-6-9-13-25)34-32(28)36-22-26-14-10-7-11-15-26/h6-20,33H,5,21-22H2,1-4H3. The molecule has 184 valence electrons. The molecule has 3 aromatic carbocycles. The lowest BCUT2D eigenvalue weighted by atomic mass is 9.91. The van der Waals surface area contributed by atoms with Crippen molar-refractivity contribution in [2.24, 2.45) is 0 Å². The highest BCUT2D eigenvalue weighted by molar-refractivity contribution is 5.89. The molecule has 1 aromatic heterocycles. The summed E-state index contributed by atoms with van der Waals surface area (Å²) in [6.07, 6.45) is 0.913. The second kappa shape index (κ2) is 12.1. The molecule has 0 amide bonds. The fourth-order valence-electron chi connectivity index (χ4n) is 4.13. The monoisotopic (exact) mass is 478 g/mol. The zero-order chi connectivity index (χ0) is 25.3. The molecule has 4 rings (SSSR count). The number of ether oxygens (including phenoxy) is 2. The van der Waals surface area contributed by atoms with Crippen LogP contribution in [0, 0.1) is 6.92 Å². The van der Waals surface area contributed by atoms with Gasteiger partial charge in [-0.3, -0.25) is 0 Å². The first-order valence-corrected chi connectivity index (χ1v) is 12.4. The predicted molar refractivity (Wildman–Crippen MR) is 148 cm³/mol. The highest BCUT2D eigenvalue weighted by atomic mass is 16.5. The molecule has 0 spiro atoms. The Bertz CT molecular complexity index is 1310. The number of nitrogens with zero attached hydrogens (tertiary/aromatic N) is 1. The summed E-state index contributed by atoms with van der Waals surface area (Å²) in [7, 11) is 1.96. The van der Waals surface area contributed by atoms with Crippen LogP contribution in [0.5, 0.6) is 11.8 Å². The number of nitrogens with one attached hydrogen (secondary N) is 1. The van der Waals surface area contributed by atoms with Crippen molar-refractivity contribution in [1.82, 2.24) is 4.98 Å². The second-order valence-corrected chi connectivity index (χ2v) is 8.86. The Morgan fingerprint density at radius 3 is 2.00 bits per heavy atom. The normalized spacial score (nSPS) is 11.6. The summed E-state index contributed by atoms with van der Waals surface area (Å²) < 4.78 is 12.4. The molecule has 0 fully saturated rings. The topological polar surface area (TPSA) is 43.4 Å². The third kappa shape index (κ3) is 6.14. The van der Waals surface area contributed by atoms with Crippen molar-refractivity contribution in [3.63, 3.8) is 0 Å². The second-order valence-electron chi connectivity index (χ2n) is 8.86. The van der Waals surface area contributed by atoms with E-state index in [2.05, 4.69) is 62.5 Å². The molecule has 1 heterocycles. The lowest BCUT2D eigenvalue weighted by molar-refractivity contribution is 0.267.